The van der Waals surface area contributed by atoms with Crippen LogP contribution in [0.1, 0.15) is 6.42 Å². The summed E-state index contributed by atoms with van der Waals surface area (Å²) in [5, 5.41) is 7.40. The predicted molar refractivity (Wildman–Crippen MR) is 147 cm³/mol. The number of amidine groups is 1. The molecular formula is C27H33N7O2. The van der Waals surface area contributed by atoms with E-state index in [1.54, 1.807) is 38.3 Å². The quantitative estimate of drug-likeness (QED) is 0.220. The Labute approximate surface area is 212 Å². The highest BCUT2D eigenvalue weighted by atomic mass is 16.5. The number of aromatic nitrogens is 4. The second-order valence-corrected chi connectivity index (χ2v) is 7.72. The number of nitrogens with one attached hydrogen (secondary N) is 1. The van der Waals surface area contributed by atoms with E-state index in [2.05, 4.69) is 50.6 Å². The zero-order chi connectivity index (χ0) is 26.1. The Morgan fingerprint density at radius 3 is 2.33 bits per heavy atom. The standard InChI is InChI=1S/C25H29N7O2.C2H4/c1-26-25(27-2)8-9-32(19-10-20(33-4)13-21(11-19)34-5)18-6-7-22-23(12-18)30-24(15-28-22)17-14-29-31(3)16-17;1-2/h6-7,10-16H,8-9H2,1-5H3,(H,26,27);1-2H2. The number of aryl methyl sites for hydroxylation is 1. The van der Waals surface area contributed by atoms with Crippen molar-refractivity contribution in [3.63, 3.8) is 0 Å². The van der Waals surface area contributed by atoms with E-state index in [1.165, 1.54) is 0 Å². The van der Waals surface area contributed by atoms with Crippen LogP contribution in [0.15, 0.2) is 73.1 Å². The van der Waals surface area contributed by atoms with Gasteiger partial charge in [-0.2, -0.15) is 5.10 Å². The Morgan fingerprint density at radius 1 is 1.03 bits per heavy atom. The first-order valence-corrected chi connectivity index (χ1v) is 11.4. The average Bonchev–Trinajstić information content (AvgIpc) is 3.37. The van der Waals surface area contributed by atoms with Crippen molar-refractivity contribution in [3.8, 4) is 22.8 Å². The molecule has 0 unspecified atom stereocenters. The van der Waals surface area contributed by atoms with Crippen molar-refractivity contribution in [1.82, 2.24) is 25.1 Å². The van der Waals surface area contributed by atoms with Crippen molar-refractivity contribution >= 4 is 28.2 Å². The van der Waals surface area contributed by atoms with Gasteiger partial charge in [-0.25, -0.2) is 4.98 Å². The maximum absolute atomic E-state index is 5.52. The van der Waals surface area contributed by atoms with Crippen molar-refractivity contribution in [1.29, 1.82) is 0 Å². The molecule has 4 aromatic rings. The molecule has 9 nitrogen and oxygen atoms in total. The normalized spacial score (nSPS) is 11.0. The van der Waals surface area contributed by atoms with Crippen LogP contribution in [0.25, 0.3) is 22.3 Å². The van der Waals surface area contributed by atoms with Gasteiger partial charge in [-0.15, -0.1) is 13.2 Å². The summed E-state index contributed by atoms with van der Waals surface area (Å²) in [4.78, 5) is 16.0. The van der Waals surface area contributed by atoms with E-state index in [0.717, 1.165) is 57.4 Å². The van der Waals surface area contributed by atoms with Gasteiger partial charge < -0.3 is 19.7 Å². The third-order valence-electron chi connectivity index (χ3n) is 5.62. The van der Waals surface area contributed by atoms with Gasteiger partial charge in [-0.05, 0) is 18.2 Å². The summed E-state index contributed by atoms with van der Waals surface area (Å²) in [6, 6.07) is 11.9. The molecule has 0 saturated heterocycles. The lowest BCUT2D eigenvalue weighted by Gasteiger charge is -2.26. The van der Waals surface area contributed by atoms with Gasteiger partial charge in [0.2, 0.25) is 0 Å². The van der Waals surface area contributed by atoms with Crippen molar-refractivity contribution < 1.29 is 9.47 Å². The van der Waals surface area contributed by atoms with Crippen LogP contribution < -0.4 is 19.7 Å². The average molecular weight is 488 g/mol. The fourth-order valence-corrected chi connectivity index (χ4v) is 3.78. The first-order chi connectivity index (χ1) is 17.5. The van der Waals surface area contributed by atoms with Gasteiger partial charge in [0.1, 0.15) is 11.5 Å². The second-order valence-electron chi connectivity index (χ2n) is 7.72. The highest BCUT2D eigenvalue weighted by Crippen LogP contribution is 2.34. The number of rotatable bonds is 8. The first-order valence-electron chi connectivity index (χ1n) is 11.4. The molecule has 0 aliphatic heterocycles. The fraction of sp³-hybridized carbons (Fsp3) is 0.259. The number of hydrogen-bond acceptors (Lipinski definition) is 7. The van der Waals surface area contributed by atoms with Gasteiger partial charge in [0, 0.05) is 75.4 Å². The van der Waals surface area contributed by atoms with Gasteiger partial charge in [-0.3, -0.25) is 14.7 Å². The van der Waals surface area contributed by atoms with Crippen molar-refractivity contribution in [2.45, 2.75) is 6.42 Å². The molecule has 0 bridgehead atoms. The molecule has 36 heavy (non-hydrogen) atoms. The largest absolute Gasteiger partial charge is 0.497 e. The zero-order valence-electron chi connectivity index (χ0n) is 21.5. The lowest BCUT2D eigenvalue weighted by molar-refractivity contribution is 0.394. The number of benzene rings is 2. The minimum Gasteiger partial charge on any atom is -0.497 e. The second kappa shape index (κ2) is 12.3. The molecule has 0 atom stereocenters. The predicted octanol–water partition coefficient (Wildman–Crippen LogP) is 4.63. The summed E-state index contributed by atoms with van der Waals surface area (Å²) in [6.45, 7) is 6.69. The molecule has 2 heterocycles. The Morgan fingerprint density at radius 2 is 1.75 bits per heavy atom. The highest BCUT2D eigenvalue weighted by molar-refractivity contribution is 5.85. The number of ether oxygens (including phenoxy) is 2. The number of aliphatic imine (C=N–C) groups is 1. The molecule has 0 radical (unpaired) electrons. The maximum atomic E-state index is 5.52. The van der Waals surface area contributed by atoms with E-state index in [-0.39, 0.29) is 0 Å². The molecule has 188 valence electrons. The van der Waals surface area contributed by atoms with E-state index in [1.807, 2.05) is 44.6 Å². The number of methoxy groups -OCH3 is 2. The molecule has 1 N–H and O–H groups in total. The number of anilines is 2. The minimum absolute atomic E-state index is 0.686. The molecule has 0 saturated carbocycles. The minimum atomic E-state index is 0.686. The van der Waals surface area contributed by atoms with Gasteiger partial charge >= 0.3 is 0 Å². The summed E-state index contributed by atoms with van der Waals surface area (Å²) in [5.41, 5.74) is 5.25. The third kappa shape index (κ3) is 5.99. The van der Waals surface area contributed by atoms with Crippen LogP contribution in [0, 0.1) is 0 Å². The molecule has 0 fully saturated rings. The van der Waals surface area contributed by atoms with E-state index < -0.39 is 0 Å². The molecule has 0 aliphatic carbocycles. The summed E-state index contributed by atoms with van der Waals surface area (Å²) in [5.74, 6) is 2.35. The van der Waals surface area contributed by atoms with Crippen LogP contribution in [0.3, 0.4) is 0 Å². The number of hydrogen-bond donors (Lipinski definition) is 1. The fourth-order valence-electron chi connectivity index (χ4n) is 3.78. The molecule has 2 aromatic carbocycles. The molecule has 0 amide bonds. The van der Waals surface area contributed by atoms with Crippen LogP contribution >= 0.6 is 0 Å². The van der Waals surface area contributed by atoms with Crippen molar-refractivity contribution in [2.75, 3.05) is 39.8 Å². The SMILES string of the molecule is C=C.CN=C(CCN(c1cc(OC)cc(OC)c1)c1ccc2ncc(-c3cnn(C)c3)nc2c1)NC. The molecule has 4 rings (SSSR count). The summed E-state index contributed by atoms with van der Waals surface area (Å²) in [6.07, 6.45) is 6.22. The Balaban J connectivity index is 0.00000176. The first kappa shape index (κ1) is 26.2. The Hall–Kier alpha value is -4.40. The van der Waals surface area contributed by atoms with E-state index in [4.69, 9.17) is 14.5 Å². The zero-order valence-corrected chi connectivity index (χ0v) is 21.5. The third-order valence-corrected chi connectivity index (χ3v) is 5.62. The number of nitrogens with zero attached hydrogens (tertiary/aromatic N) is 6. The van der Waals surface area contributed by atoms with Gasteiger partial charge in [-0.1, -0.05) is 0 Å². The topological polar surface area (TPSA) is 89.7 Å². The Kier molecular flexibility index (Phi) is 8.99. The van der Waals surface area contributed by atoms with Gasteiger partial charge in [0.25, 0.3) is 0 Å². The molecule has 0 spiro atoms. The van der Waals surface area contributed by atoms with E-state index in [0.29, 0.717) is 6.54 Å². The van der Waals surface area contributed by atoms with Gasteiger partial charge in [0.15, 0.2) is 0 Å². The highest BCUT2D eigenvalue weighted by Gasteiger charge is 2.15. The summed E-state index contributed by atoms with van der Waals surface area (Å²) in [7, 11) is 8.85. The van der Waals surface area contributed by atoms with Crippen LogP contribution in [-0.2, 0) is 7.05 Å². The van der Waals surface area contributed by atoms with Crippen molar-refractivity contribution in [2.24, 2.45) is 12.0 Å². The number of fused-ring (bicyclic) bond motifs is 1. The summed E-state index contributed by atoms with van der Waals surface area (Å²) < 4.78 is 12.8. The van der Waals surface area contributed by atoms with Crippen LogP contribution in [-0.4, -0.2) is 60.4 Å². The molecule has 0 aliphatic rings. The van der Waals surface area contributed by atoms with E-state index in [9.17, 15) is 0 Å². The Bertz CT molecular complexity index is 1310. The van der Waals surface area contributed by atoms with Crippen molar-refractivity contribution in [3.05, 3.63) is 68.1 Å². The van der Waals surface area contributed by atoms with Crippen LogP contribution in [0.5, 0.6) is 11.5 Å². The van der Waals surface area contributed by atoms with Gasteiger partial charge in [0.05, 0.1) is 49.2 Å². The maximum Gasteiger partial charge on any atom is 0.124 e. The lowest BCUT2D eigenvalue weighted by Crippen LogP contribution is -2.26. The van der Waals surface area contributed by atoms with Crippen LogP contribution in [0.2, 0.25) is 0 Å². The molecule has 2 aromatic heterocycles. The molecular weight excluding hydrogens is 454 g/mol. The van der Waals surface area contributed by atoms with E-state index >= 15 is 0 Å². The molecule has 9 heteroatoms. The smallest absolute Gasteiger partial charge is 0.124 e. The monoisotopic (exact) mass is 487 g/mol. The summed E-state index contributed by atoms with van der Waals surface area (Å²) >= 11 is 0. The lowest BCUT2D eigenvalue weighted by atomic mass is 10.1. The van der Waals surface area contributed by atoms with Crippen LogP contribution in [0.4, 0.5) is 11.4 Å².